The lowest BCUT2D eigenvalue weighted by Gasteiger charge is -2.28. The Morgan fingerprint density at radius 2 is 1.94 bits per heavy atom. The highest BCUT2D eigenvalue weighted by molar-refractivity contribution is 6.30. The van der Waals surface area contributed by atoms with Gasteiger partial charge in [-0.15, -0.1) is 0 Å². The second kappa shape index (κ2) is 9.52. The summed E-state index contributed by atoms with van der Waals surface area (Å²) in [5.41, 5.74) is 6.68. The Balaban J connectivity index is 1.65. The van der Waals surface area contributed by atoms with Crippen molar-refractivity contribution in [2.75, 3.05) is 37.7 Å². The Kier molecular flexibility index (Phi) is 6.57. The number of aryl methyl sites for hydroxylation is 1. The molecule has 0 amide bonds. The predicted molar refractivity (Wildman–Crippen MR) is 116 cm³/mol. The molecule has 1 atom stereocenters. The fraction of sp³-hybridized carbons (Fsp3) is 0.333. The van der Waals surface area contributed by atoms with Crippen molar-refractivity contribution < 1.29 is 14.6 Å². The first-order chi connectivity index (χ1) is 15.0. The smallest absolute Gasteiger partial charge is 0.224 e. The van der Waals surface area contributed by atoms with Gasteiger partial charge in [-0.1, -0.05) is 11.6 Å². The van der Waals surface area contributed by atoms with Gasteiger partial charge in [0.25, 0.3) is 0 Å². The number of morpholine rings is 1. The van der Waals surface area contributed by atoms with Crippen LogP contribution in [-0.2, 0) is 4.74 Å². The molecule has 0 saturated carbocycles. The SMILES string of the molecule is Cc1nc(Oc2cc(Cl)ccc2-c2ncc([C@@H](O)CN)cn2)cc(N2CCOCC2)n1. The highest BCUT2D eigenvalue weighted by Crippen LogP contribution is 2.34. The minimum atomic E-state index is -0.808. The van der Waals surface area contributed by atoms with Crippen LogP contribution in [0.5, 0.6) is 11.6 Å². The molecular weight excluding hydrogens is 420 g/mol. The van der Waals surface area contributed by atoms with Crippen molar-refractivity contribution in [1.29, 1.82) is 0 Å². The first kappa shape index (κ1) is 21.4. The summed E-state index contributed by atoms with van der Waals surface area (Å²) in [6, 6.07) is 7.00. The molecule has 0 aliphatic carbocycles. The van der Waals surface area contributed by atoms with E-state index in [1.54, 1.807) is 36.7 Å². The third kappa shape index (κ3) is 5.08. The summed E-state index contributed by atoms with van der Waals surface area (Å²) in [7, 11) is 0. The topological polar surface area (TPSA) is 120 Å². The lowest BCUT2D eigenvalue weighted by molar-refractivity contribution is 0.122. The van der Waals surface area contributed by atoms with Gasteiger partial charge in [-0.25, -0.2) is 15.0 Å². The van der Waals surface area contributed by atoms with Gasteiger partial charge in [0.2, 0.25) is 5.88 Å². The van der Waals surface area contributed by atoms with E-state index in [-0.39, 0.29) is 6.54 Å². The normalized spacial score (nSPS) is 15.0. The van der Waals surface area contributed by atoms with Gasteiger partial charge in [-0.05, 0) is 19.1 Å². The molecule has 1 aliphatic rings. The van der Waals surface area contributed by atoms with Crippen LogP contribution >= 0.6 is 11.6 Å². The number of benzene rings is 1. The Labute approximate surface area is 184 Å². The molecule has 162 valence electrons. The number of hydrogen-bond acceptors (Lipinski definition) is 9. The van der Waals surface area contributed by atoms with Gasteiger partial charge in [0.1, 0.15) is 17.4 Å². The summed E-state index contributed by atoms with van der Waals surface area (Å²) in [5, 5.41) is 10.4. The molecule has 0 unspecified atom stereocenters. The quantitative estimate of drug-likeness (QED) is 0.593. The number of halogens is 1. The third-order valence-electron chi connectivity index (χ3n) is 4.81. The van der Waals surface area contributed by atoms with E-state index in [4.69, 9.17) is 26.8 Å². The van der Waals surface area contributed by atoms with Crippen molar-refractivity contribution in [3.05, 3.63) is 53.1 Å². The zero-order valence-electron chi connectivity index (χ0n) is 17.0. The first-order valence-corrected chi connectivity index (χ1v) is 10.3. The molecular formula is C21H23ClN6O3. The summed E-state index contributed by atoms with van der Waals surface area (Å²) in [4.78, 5) is 19.8. The molecule has 1 aliphatic heterocycles. The molecule has 9 nitrogen and oxygen atoms in total. The highest BCUT2D eigenvalue weighted by atomic mass is 35.5. The molecule has 0 bridgehead atoms. The average Bonchev–Trinajstić information content (AvgIpc) is 2.79. The van der Waals surface area contributed by atoms with Crippen molar-refractivity contribution in [1.82, 2.24) is 19.9 Å². The largest absolute Gasteiger partial charge is 0.438 e. The van der Waals surface area contributed by atoms with Crippen LogP contribution in [0.15, 0.2) is 36.7 Å². The number of nitrogens with two attached hydrogens (primary N) is 1. The number of hydrogen-bond donors (Lipinski definition) is 2. The molecule has 1 saturated heterocycles. The fourth-order valence-electron chi connectivity index (χ4n) is 3.20. The van der Waals surface area contributed by atoms with E-state index in [9.17, 15) is 5.11 Å². The first-order valence-electron chi connectivity index (χ1n) is 9.89. The van der Waals surface area contributed by atoms with Gasteiger partial charge in [0.05, 0.1) is 24.9 Å². The Morgan fingerprint density at radius 1 is 1.19 bits per heavy atom. The van der Waals surface area contributed by atoms with Gasteiger partial charge in [0.15, 0.2) is 5.82 Å². The van der Waals surface area contributed by atoms with Crippen molar-refractivity contribution in [3.8, 4) is 23.0 Å². The predicted octanol–water partition coefficient (Wildman–Crippen LogP) is 2.52. The van der Waals surface area contributed by atoms with Crippen LogP contribution in [0.1, 0.15) is 17.5 Å². The van der Waals surface area contributed by atoms with E-state index in [0.29, 0.717) is 52.6 Å². The molecule has 3 N–H and O–H groups in total. The lowest BCUT2D eigenvalue weighted by Crippen LogP contribution is -2.36. The van der Waals surface area contributed by atoms with Crippen LogP contribution in [0.3, 0.4) is 0 Å². The van der Waals surface area contributed by atoms with E-state index in [2.05, 4.69) is 24.8 Å². The number of rotatable bonds is 6. The number of aliphatic hydroxyl groups is 1. The number of aliphatic hydroxyl groups excluding tert-OH is 1. The zero-order valence-corrected chi connectivity index (χ0v) is 17.8. The summed E-state index contributed by atoms with van der Waals surface area (Å²) in [6.07, 6.45) is 2.28. The Bertz CT molecular complexity index is 1040. The molecule has 0 radical (unpaired) electrons. The number of anilines is 1. The number of aromatic nitrogens is 4. The fourth-order valence-corrected chi connectivity index (χ4v) is 3.36. The van der Waals surface area contributed by atoms with Crippen molar-refractivity contribution >= 4 is 17.4 Å². The number of nitrogens with zero attached hydrogens (tertiary/aromatic N) is 5. The lowest BCUT2D eigenvalue weighted by atomic mass is 10.1. The second-order valence-electron chi connectivity index (χ2n) is 7.05. The minimum Gasteiger partial charge on any atom is -0.438 e. The van der Waals surface area contributed by atoms with Crippen LogP contribution in [-0.4, -0.2) is 57.9 Å². The molecule has 4 rings (SSSR count). The van der Waals surface area contributed by atoms with Crippen LogP contribution in [0, 0.1) is 6.92 Å². The van der Waals surface area contributed by atoms with Gasteiger partial charge >= 0.3 is 0 Å². The van der Waals surface area contributed by atoms with Gasteiger partial charge in [-0.2, -0.15) is 4.98 Å². The standard InChI is InChI=1S/C21H23ClN6O3/c1-13-26-19(28-4-6-30-7-5-28)9-20(27-13)31-18-8-15(22)2-3-16(18)21-24-11-14(12-25-21)17(29)10-23/h2-3,8-9,11-12,17,29H,4-7,10,23H2,1H3/t17-/m0/s1. The summed E-state index contributed by atoms with van der Waals surface area (Å²) in [5.74, 6) is 2.67. The molecule has 10 heteroatoms. The van der Waals surface area contributed by atoms with Crippen LogP contribution in [0.4, 0.5) is 5.82 Å². The molecule has 31 heavy (non-hydrogen) atoms. The highest BCUT2D eigenvalue weighted by Gasteiger charge is 2.17. The van der Waals surface area contributed by atoms with E-state index in [1.165, 1.54) is 0 Å². The molecule has 0 spiro atoms. The molecule has 1 fully saturated rings. The summed E-state index contributed by atoms with van der Waals surface area (Å²) >= 11 is 6.22. The molecule has 3 aromatic rings. The minimum absolute atomic E-state index is 0.0938. The zero-order chi connectivity index (χ0) is 21.8. The van der Waals surface area contributed by atoms with Crippen molar-refractivity contribution in [3.63, 3.8) is 0 Å². The maximum atomic E-state index is 9.86. The maximum absolute atomic E-state index is 9.86. The van der Waals surface area contributed by atoms with Gasteiger partial charge in [0, 0.05) is 54.7 Å². The third-order valence-corrected chi connectivity index (χ3v) is 5.05. The van der Waals surface area contributed by atoms with Crippen LogP contribution in [0.25, 0.3) is 11.4 Å². The van der Waals surface area contributed by atoms with Crippen molar-refractivity contribution in [2.24, 2.45) is 5.73 Å². The number of ether oxygens (including phenoxy) is 2. The molecule has 3 heterocycles. The molecule has 2 aromatic heterocycles. The van der Waals surface area contributed by atoms with E-state index in [0.717, 1.165) is 18.9 Å². The monoisotopic (exact) mass is 442 g/mol. The van der Waals surface area contributed by atoms with Gasteiger partial charge in [-0.3, -0.25) is 0 Å². The Hall–Kier alpha value is -2.85. The summed E-state index contributed by atoms with van der Waals surface area (Å²) < 4.78 is 11.5. The average molecular weight is 443 g/mol. The maximum Gasteiger partial charge on any atom is 0.224 e. The van der Waals surface area contributed by atoms with E-state index >= 15 is 0 Å². The summed E-state index contributed by atoms with van der Waals surface area (Å²) in [6.45, 7) is 4.74. The van der Waals surface area contributed by atoms with Gasteiger partial charge < -0.3 is 25.2 Å². The Morgan fingerprint density at radius 3 is 2.65 bits per heavy atom. The second-order valence-corrected chi connectivity index (χ2v) is 7.48. The van der Waals surface area contributed by atoms with Crippen molar-refractivity contribution in [2.45, 2.75) is 13.0 Å². The molecule has 1 aromatic carbocycles. The van der Waals surface area contributed by atoms with Crippen LogP contribution in [0.2, 0.25) is 5.02 Å². The van der Waals surface area contributed by atoms with Crippen LogP contribution < -0.4 is 15.4 Å². The van der Waals surface area contributed by atoms with E-state index in [1.807, 2.05) is 6.92 Å². The van der Waals surface area contributed by atoms with E-state index < -0.39 is 6.10 Å².